The lowest BCUT2D eigenvalue weighted by Gasteiger charge is -2.09. The van der Waals surface area contributed by atoms with E-state index in [0.29, 0.717) is 10.9 Å². The zero-order chi connectivity index (χ0) is 13.4. The van der Waals surface area contributed by atoms with Crippen LogP contribution >= 0.6 is 11.6 Å². The highest BCUT2D eigenvalue weighted by Crippen LogP contribution is 2.16. The smallest absolute Gasteiger partial charge is 0.266 e. The average molecular weight is 271 g/mol. The van der Waals surface area contributed by atoms with E-state index in [0.717, 1.165) is 11.3 Å². The summed E-state index contributed by atoms with van der Waals surface area (Å²) < 4.78 is 1.42. The fourth-order valence-electron chi connectivity index (χ4n) is 2.02. The summed E-state index contributed by atoms with van der Waals surface area (Å²) in [5, 5.41) is 0.736. The molecule has 0 saturated carbocycles. The van der Waals surface area contributed by atoms with Crippen molar-refractivity contribution in [2.24, 2.45) is 0 Å². The molecule has 94 valence electrons. The molecule has 4 heteroatoms. The molecule has 0 aliphatic carbocycles. The molecule has 1 aromatic heterocycles. The first-order valence-corrected chi connectivity index (χ1v) is 6.29. The van der Waals surface area contributed by atoms with Gasteiger partial charge >= 0.3 is 0 Å². The summed E-state index contributed by atoms with van der Waals surface area (Å²) in [5.74, 6) is 0. The van der Waals surface area contributed by atoms with Gasteiger partial charge in [0.15, 0.2) is 0 Å². The van der Waals surface area contributed by atoms with E-state index in [4.69, 9.17) is 11.6 Å². The van der Waals surface area contributed by atoms with Crippen molar-refractivity contribution in [2.75, 3.05) is 0 Å². The van der Waals surface area contributed by atoms with E-state index < -0.39 is 0 Å². The number of benzene rings is 2. The molecule has 0 bridgehead atoms. The van der Waals surface area contributed by atoms with Crippen molar-refractivity contribution < 1.29 is 0 Å². The number of para-hydroxylation sites is 1. The molecule has 1 heterocycles. The van der Waals surface area contributed by atoms with Crippen molar-refractivity contribution in [2.45, 2.75) is 6.92 Å². The largest absolute Gasteiger partial charge is 0.268 e. The van der Waals surface area contributed by atoms with Crippen LogP contribution in [0.5, 0.6) is 0 Å². The van der Waals surface area contributed by atoms with E-state index in [-0.39, 0.29) is 10.8 Å². The highest BCUT2D eigenvalue weighted by Gasteiger charge is 2.10. The van der Waals surface area contributed by atoms with E-state index in [2.05, 4.69) is 4.98 Å². The summed E-state index contributed by atoms with van der Waals surface area (Å²) in [7, 11) is 0. The monoisotopic (exact) mass is 270 g/mol. The Labute approximate surface area is 115 Å². The zero-order valence-electron chi connectivity index (χ0n) is 10.3. The highest BCUT2D eigenvalue weighted by atomic mass is 35.5. The second kappa shape index (κ2) is 4.52. The molecule has 0 spiro atoms. The maximum atomic E-state index is 12.5. The summed E-state index contributed by atoms with van der Waals surface area (Å²) in [5.41, 5.74) is 2.31. The van der Waals surface area contributed by atoms with Crippen LogP contribution in [0.1, 0.15) is 5.56 Å². The highest BCUT2D eigenvalue weighted by molar-refractivity contribution is 6.29. The van der Waals surface area contributed by atoms with Gasteiger partial charge in [0.1, 0.15) is 0 Å². The van der Waals surface area contributed by atoms with Crippen LogP contribution in [-0.4, -0.2) is 9.55 Å². The summed E-state index contributed by atoms with van der Waals surface area (Å²) in [6.45, 7) is 1.99. The van der Waals surface area contributed by atoms with Gasteiger partial charge < -0.3 is 0 Å². The van der Waals surface area contributed by atoms with Crippen LogP contribution in [0.15, 0.2) is 53.3 Å². The third-order valence-corrected chi connectivity index (χ3v) is 3.28. The summed E-state index contributed by atoms with van der Waals surface area (Å²) in [4.78, 5) is 16.7. The Morgan fingerprint density at radius 1 is 1.05 bits per heavy atom. The zero-order valence-corrected chi connectivity index (χ0v) is 11.1. The Morgan fingerprint density at radius 2 is 1.74 bits per heavy atom. The van der Waals surface area contributed by atoms with Crippen molar-refractivity contribution in [3.05, 3.63) is 69.7 Å². The number of nitrogens with zero attached hydrogens (tertiary/aromatic N) is 2. The van der Waals surface area contributed by atoms with Crippen LogP contribution < -0.4 is 5.56 Å². The number of hydrogen-bond acceptors (Lipinski definition) is 2. The Balaban J connectivity index is 2.35. The topological polar surface area (TPSA) is 34.9 Å². The van der Waals surface area contributed by atoms with Gasteiger partial charge in [-0.25, -0.2) is 4.98 Å². The molecule has 0 fully saturated rings. The van der Waals surface area contributed by atoms with Crippen molar-refractivity contribution in [3.63, 3.8) is 0 Å². The number of aromatic nitrogens is 2. The first-order valence-electron chi connectivity index (χ1n) is 5.91. The number of rotatable bonds is 1. The predicted molar refractivity (Wildman–Crippen MR) is 77.1 cm³/mol. The minimum atomic E-state index is -0.153. The average Bonchev–Trinajstić information content (AvgIpc) is 2.41. The molecular formula is C15H11ClN2O. The Kier molecular flexibility index (Phi) is 2.84. The van der Waals surface area contributed by atoms with Gasteiger partial charge in [-0.2, -0.15) is 0 Å². The van der Waals surface area contributed by atoms with Gasteiger partial charge in [0.05, 0.1) is 16.6 Å². The molecule has 0 N–H and O–H groups in total. The Bertz CT molecular complexity index is 806. The molecule has 19 heavy (non-hydrogen) atoms. The molecule has 2 aromatic carbocycles. The van der Waals surface area contributed by atoms with Crippen LogP contribution in [0.3, 0.4) is 0 Å². The van der Waals surface area contributed by atoms with E-state index in [9.17, 15) is 4.79 Å². The lowest BCUT2D eigenvalue weighted by atomic mass is 10.2. The maximum Gasteiger partial charge on any atom is 0.266 e. The third kappa shape index (κ3) is 2.02. The molecule has 3 rings (SSSR count). The number of fused-ring (bicyclic) bond motifs is 1. The quantitative estimate of drug-likeness (QED) is 0.636. The Hall–Kier alpha value is -2.13. The number of aryl methyl sites for hydroxylation is 1. The van der Waals surface area contributed by atoms with Crippen LogP contribution in [-0.2, 0) is 0 Å². The molecule has 3 nitrogen and oxygen atoms in total. The van der Waals surface area contributed by atoms with Gasteiger partial charge in [-0.15, -0.1) is 0 Å². The summed E-state index contributed by atoms with van der Waals surface area (Å²) >= 11 is 6.13. The lowest BCUT2D eigenvalue weighted by molar-refractivity contribution is 0.963. The van der Waals surface area contributed by atoms with E-state index in [1.54, 1.807) is 12.1 Å². The second-order valence-corrected chi connectivity index (χ2v) is 4.71. The van der Waals surface area contributed by atoms with Crippen LogP contribution in [0.2, 0.25) is 5.28 Å². The third-order valence-electron chi connectivity index (χ3n) is 3.03. The van der Waals surface area contributed by atoms with Gasteiger partial charge in [-0.3, -0.25) is 9.36 Å². The van der Waals surface area contributed by atoms with Crippen molar-refractivity contribution in [1.82, 2.24) is 9.55 Å². The van der Waals surface area contributed by atoms with Crippen molar-refractivity contribution in [3.8, 4) is 5.69 Å². The fourth-order valence-corrected chi connectivity index (χ4v) is 2.29. The lowest BCUT2D eigenvalue weighted by Crippen LogP contribution is -2.20. The molecule has 0 unspecified atom stereocenters. The molecule has 0 saturated heterocycles. The van der Waals surface area contributed by atoms with Crippen molar-refractivity contribution >= 4 is 22.5 Å². The minimum Gasteiger partial charge on any atom is -0.268 e. The predicted octanol–water partition coefficient (Wildman–Crippen LogP) is 3.35. The molecular weight excluding hydrogens is 260 g/mol. The Morgan fingerprint density at radius 3 is 2.47 bits per heavy atom. The second-order valence-electron chi connectivity index (χ2n) is 4.37. The summed E-state index contributed by atoms with van der Waals surface area (Å²) in [6.07, 6.45) is 0. The summed E-state index contributed by atoms with van der Waals surface area (Å²) in [6, 6.07) is 14.8. The fraction of sp³-hybridized carbons (Fsp3) is 0.0667. The number of halogens is 1. The molecule has 3 aromatic rings. The van der Waals surface area contributed by atoms with Gasteiger partial charge in [-0.1, -0.05) is 29.8 Å². The molecule has 0 aliphatic rings. The van der Waals surface area contributed by atoms with E-state index in [1.165, 1.54) is 4.57 Å². The van der Waals surface area contributed by atoms with Gasteiger partial charge in [0, 0.05) is 0 Å². The minimum absolute atomic E-state index is 0.153. The number of hydrogen-bond donors (Lipinski definition) is 0. The van der Waals surface area contributed by atoms with E-state index in [1.807, 2.05) is 43.3 Å². The normalized spacial score (nSPS) is 10.8. The van der Waals surface area contributed by atoms with Crippen LogP contribution in [0.4, 0.5) is 0 Å². The van der Waals surface area contributed by atoms with E-state index >= 15 is 0 Å². The van der Waals surface area contributed by atoms with Crippen molar-refractivity contribution in [1.29, 1.82) is 0 Å². The van der Waals surface area contributed by atoms with Crippen LogP contribution in [0, 0.1) is 6.92 Å². The molecule has 0 atom stereocenters. The van der Waals surface area contributed by atoms with Crippen LogP contribution in [0.25, 0.3) is 16.6 Å². The van der Waals surface area contributed by atoms with Gasteiger partial charge in [-0.05, 0) is 42.8 Å². The molecule has 0 radical (unpaired) electrons. The first kappa shape index (κ1) is 11.9. The molecule has 0 aliphatic heterocycles. The van der Waals surface area contributed by atoms with Gasteiger partial charge in [0.25, 0.3) is 5.56 Å². The first-order chi connectivity index (χ1) is 9.16. The molecule has 0 amide bonds. The standard InChI is InChI=1S/C15H11ClN2O/c1-10-6-8-11(9-7-10)18-14(19)12-4-2-3-5-13(12)17-15(18)16/h2-9H,1H3. The maximum absolute atomic E-state index is 12.5. The SMILES string of the molecule is Cc1ccc(-n2c(Cl)nc3ccccc3c2=O)cc1. The van der Waals surface area contributed by atoms with Gasteiger partial charge in [0.2, 0.25) is 5.28 Å².